The lowest BCUT2D eigenvalue weighted by molar-refractivity contribution is 1.09. The second-order valence-electron chi connectivity index (χ2n) is 6.55. The van der Waals surface area contributed by atoms with Gasteiger partial charge < -0.3 is 10.3 Å². The molecule has 0 aliphatic rings. The number of hydrogen-bond acceptors (Lipinski definition) is 3. The van der Waals surface area contributed by atoms with E-state index in [-0.39, 0.29) is 0 Å². The van der Waals surface area contributed by atoms with Crippen LogP contribution >= 0.6 is 9.24 Å². The van der Waals surface area contributed by atoms with Crippen LogP contribution in [0.25, 0.3) is 11.0 Å². The fourth-order valence-corrected chi connectivity index (χ4v) is 3.21. The number of nitrogens with one attached hydrogen (secondary N) is 2. The van der Waals surface area contributed by atoms with Crippen molar-refractivity contribution in [2.75, 3.05) is 5.32 Å². The van der Waals surface area contributed by atoms with E-state index in [4.69, 9.17) is 0 Å². The van der Waals surface area contributed by atoms with Gasteiger partial charge in [-0.25, -0.2) is 9.97 Å². The van der Waals surface area contributed by atoms with Gasteiger partial charge in [-0.05, 0) is 41.1 Å². The van der Waals surface area contributed by atoms with E-state index in [2.05, 4.69) is 72.8 Å². The Hall–Kier alpha value is -2.71. The van der Waals surface area contributed by atoms with Crippen molar-refractivity contribution < 1.29 is 0 Å². The fourth-order valence-electron chi connectivity index (χ4n) is 2.97. The Morgan fingerprint density at radius 3 is 2.58 bits per heavy atom. The van der Waals surface area contributed by atoms with Gasteiger partial charge in [0.2, 0.25) is 0 Å². The number of nitrogens with zero attached hydrogens (tertiary/aromatic N) is 2. The van der Waals surface area contributed by atoms with Crippen molar-refractivity contribution >= 4 is 31.4 Å². The summed E-state index contributed by atoms with van der Waals surface area (Å²) in [4.78, 5) is 12.2. The number of aromatic nitrogens is 3. The van der Waals surface area contributed by atoms with Crippen LogP contribution in [-0.4, -0.2) is 15.0 Å². The molecule has 0 saturated heterocycles. The van der Waals surface area contributed by atoms with Gasteiger partial charge in [-0.15, -0.1) is 9.24 Å². The first-order chi connectivity index (χ1) is 12.7. The molecule has 0 aliphatic carbocycles. The molecule has 4 nitrogen and oxygen atoms in total. The number of H-pyrrole nitrogens is 1. The van der Waals surface area contributed by atoms with Gasteiger partial charge in [0.15, 0.2) is 0 Å². The number of benzene rings is 1. The number of aromatic amines is 1. The molecule has 0 amide bonds. The van der Waals surface area contributed by atoms with E-state index >= 15 is 0 Å². The lowest BCUT2D eigenvalue weighted by Gasteiger charge is -2.07. The Labute approximate surface area is 155 Å². The molecule has 0 saturated carbocycles. The highest BCUT2D eigenvalue weighted by atomic mass is 31.0. The first-order valence-corrected chi connectivity index (χ1v) is 9.21. The van der Waals surface area contributed by atoms with Gasteiger partial charge in [-0.2, -0.15) is 0 Å². The van der Waals surface area contributed by atoms with Crippen molar-refractivity contribution in [2.24, 2.45) is 0 Å². The molecular weight excluding hydrogens is 339 g/mol. The quantitative estimate of drug-likeness (QED) is 0.530. The predicted molar refractivity (Wildman–Crippen MR) is 111 cm³/mol. The van der Waals surface area contributed by atoms with Crippen molar-refractivity contribution in [3.8, 4) is 0 Å². The SMILES string of the molecule is Cc1ccc(CNc2ccc(Cc3c[nH]c4ncc(P)cc34)cn2)cc1. The van der Waals surface area contributed by atoms with Crippen LogP contribution in [0.15, 0.2) is 61.1 Å². The lowest BCUT2D eigenvalue weighted by atomic mass is 10.1. The smallest absolute Gasteiger partial charge is 0.137 e. The summed E-state index contributed by atoms with van der Waals surface area (Å²) in [6, 6.07) is 14.8. The van der Waals surface area contributed by atoms with Crippen LogP contribution in [-0.2, 0) is 13.0 Å². The Morgan fingerprint density at radius 1 is 1.00 bits per heavy atom. The summed E-state index contributed by atoms with van der Waals surface area (Å²) in [5.41, 5.74) is 5.87. The summed E-state index contributed by atoms with van der Waals surface area (Å²) in [7, 11) is 2.70. The first kappa shape index (κ1) is 16.7. The summed E-state index contributed by atoms with van der Waals surface area (Å²) < 4.78 is 0. The minimum absolute atomic E-state index is 0.775. The zero-order chi connectivity index (χ0) is 17.9. The standard InChI is InChI=1S/C21H21N4P/c1-14-2-4-15(5-3-14)10-22-20-7-6-16(11-23-20)8-17-12-24-21-19(17)9-18(26)13-25-21/h2-7,9,11-13H,8,10,26H2,1H3,(H,22,23)(H,24,25). The molecule has 0 radical (unpaired) electrons. The van der Waals surface area contributed by atoms with Gasteiger partial charge in [0.05, 0.1) is 0 Å². The molecule has 0 bridgehead atoms. The van der Waals surface area contributed by atoms with Crippen LogP contribution in [0.3, 0.4) is 0 Å². The van der Waals surface area contributed by atoms with Crippen LogP contribution in [0.2, 0.25) is 0 Å². The second-order valence-corrected chi connectivity index (χ2v) is 7.21. The van der Waals surface area contributed by atoms with Gasteiger partial charge in [0, 0.05) is 36.9 Å². The van der Waals surface area contributed by atoms with E-state index in [1.807, 2.05) is 24.7 Å². The minimum Gasteiger partial charge on any atom is -0.366 e. The van der Waals surface area contributed by atoms with Crippen LogP contribution in [0.1, 0.15) is 22.3 Å². The fraction of sp³-hybridized carbons (Fsp3) is 0.143. The van der Waals surface area contributed by atoms with Gasteiger partial charge >= 0.3 is 0 Å². The Kier molecular flexibility index (Phi) is 4.68. The molecule has 1 unspecified atom stereocenters. The van der Waals surface area contributed by atoms with Gasteiger partial charge in [-0.1, -0.05) is 35.9 Å². The second kappa shape index (κ2) is 7.27. The molecular formula is C21H21N4P. The van der Waals surface area contributed by atoms with Gasteiger partial charge in [0.25, 0.3) is 0 Å². The molecule has 2 N–H and O–H groups in total. The molecule has 3 heterocycles. The van der Waals surface area contributed by atoms with Crippen LogP contribution in [0.5, 0.6) is 0 Å². The highest BCUT2D eigenvalue weighted by Crippen LogP contribution is 2.19. The summed E-state index contributed by atoms with van der Waals surface area (Å²) in [5.74, 6) is 0.891. The third kappa shape index (κ3) is 3.76. The molecule has 130 valence electrons. The molecule has 0 spiro atoms. The summed E-state index contributed by atoms with van der Waals surface area (Å²) in [5, 5.41) is 5.63. The molecule has 26 heavy (non-hydrogen) atoms. The zero-order valence-electron chi connectivity index (χ0n) is 14.7. The predicted octanol–water partition coefficient (Wildman–Crippen LogP) is 3.97. The molecule has 1 aromatic carbocycles. The number of pyridine rings is 2. The maximum absolute atomic E-state index is 4.55. The van der Waals surface area contributed by atoms with Crippen LogP contribution in [0, 0.1) is 6.92 Å². The Morgan fingerprint density at radius 2 is 1.81 bits per heavy atom. The monoisotopic (exact) mass is 360 g/mol. The minimum atomic E-state index is 0.775. The summed E-state index contributed by atoms with van der Waals surface area (Å²) in [6.45, 7) is 2.87. The van der Waals surface area contributed by atoms with E-state index in [0.717, 1.165) is 29.7 Å². The van der Waals surface area contributed by atoms with E-state index in [1.165, 1.54) is 27.6 Å². The van der Waals surface area contributed by atoms with Crippen molar-refractivity contribution in [3.63, 3.8) is 0 Å². The zero-order valence-corrected chi connectivity index (χ0v) is 15.8. The largest absolute Gasteiger partial charge is 0.366 e. The van der Waals surface area contributed by atoms with Crippen LogP contribution < -0.4 is 10.6 Å². The molecule has 3 aromatic heterocycles. The average Bonchev–Trinajstić information content (AvgIpc) is 3.04. The number of hydrogen-bond donors (Lipinski definition) is 2. The Balaban J connectivity index is 1.43. The number of aryl methyl sites for hydroxylation is 1. The first-order valence-electron chi connectivity index (χ1n) is 8.63. The number of anilines is 1. The normalized spacial score (nSPS) is 11.0. The van der Waals surface area contributed by atoms with E-state index < -0.39 is 0 Å². The maximum Gasteiger partial charge on any atom is 0.137 e. The number of rotatable bonds is 5. The van der Waals surface area contributed by atoms with E-state index in [1.54, 1.807) is 0 Å². The van der Waals surface area contributed by atoms with Crippen molar-refractivity contribution in [1.82, 2.24) is 15.0 Å². The summed E-state index contributed by atoms with van der Waals surface area (Å²) >= 11 is 0. The van der Waals surface area contributed by atoms with Gasteiger partial charge in [0.1, 0.15) is 11.5 Å². The molecule has 0 fully saturated rings. The third-order valence-corrected chi connectivity index (χ3v) is 4.77. The topological polar surface area (TPSA) is 53.6 Å². The van der Waals surface area contributed by atoms with Crippen molar-refractivity contribution in [3.05, 3.63) is 83.3 Å². The summed E-state index contributed by atoms with van der Waals surface area (Å²) in [6.07, 6.45) is 6.66. The average molecular weight is 360 g/mol. The molecule has 4 rings (SSSR count). The lowest BCUT2D eigenvalue weighted by Crippen LogP contribution is -2.01. The molecule has 5 heteroatoms. The maximum atomic E-state index is 4.55. The third-order valence-electron chi connectivity index (χ3n) is 4.45. The van der Waals surface area contributed by atoms with Crippen LogP contribution in [0.4, 0.5) is 5.82 Å². The van der Waals surface area contributed by atoms with E-state index in [0.29, 0.717) is 0 Å². The Bertz CT molecular complexity index is 1020. The highest BCUT2D eigenvalue weighted by molar-refractivity contribution is 7.27. The van der Waals surface area contributed by atoms with E-state index in [9.17, 15) is 0 Å². The number of fused-ring (bicyclic) bond motifs is 1. The molecule has 0 aliphatic heterocycles. The molecule has 1 atom stereocenters. The highest BCUT2D eigenvalue weighted by Gasteiger charge is 2.06. The molecule has 4 aromatic rings. The van der Waals surface area contributed by atoms with Crippen molar-refractivity contribution in [2.45, 2.75) is 19.9 Å². The van der Waals surface area contributed by atoms with Crippen molar-refractivity contribution in [1.29, 1.82) is 0 Å². The van der Waals surface area contributed by atoms with Gasteiger partial charge in [-0.3, -0.25) is 0 Å².